The molecule has 1 fully saturated rings. The predicted octanol–water partition coefficient (Wildman–Crippen LogP) is 4.96. The van der Waals surface area contributed by atoms with Crippen molar-refractivity contribution in [2.75, 3.05) is 19.6 Å². The van der Waals surface area contributed by atoms with Crippen LogP contribution in [0.3, 0.4) is 0 Å². The third-order valence-corrected chi connectivity index (χ3v) is 6.01. The largest absolute Gasteiger partial charge is 0.328 e. The van der Waals surface area contributed by atoms with Gasteiger partial charge in [-0.1, -0.05) is 44.2 Å². The van der Waals surface area contributed by atoms with Gasteiger partial charge >= 0.3 is 0 Å². The molecule has 0 saturated carbocycles. The Kier molecular flexibility index (Phi) is 8.79. The summed E-state index contributed by atoms with van der Waals surface area (Å²) in [5, 5.41) is 6.13. The van der Waals surface area contributed by atoms with Gasteiger partial charge in [0.2, 0.25) is 0 Å². The summed E-state index contributed by atoms with van der Waals surface area (Å²) in [5.74, 6) is 0.483. The molecule has 4 rings (SSSR count). The smallest absolute Gasteiger partial charge is 0.273 e. The molecule has 0 bridgehead atoms. The number of thiazole rings is 1. The number of hydrogen-bond donors (Lipinski definition) is 1. The average molecular weight is 465 g/mol. The van der Waals surface area contributed by atoms with E-state index in [1.807, 2.05) is 28.6 Å². The van der Waals surface area contributed by atoms with E-state index in [4.69, 9.17) is 0 Å². The molecule has 1 aliphatic rings. The molecular formula is C22H26Cl2N4OS. The Morgan fingerprint density at radius 3 is 2.63 bits per heavy atom. The molecule has 30 heavy (non-hydrogen) atoms. The number of halogens is 2. The molecule has 0 spiro atoms. The molecule has 160 valence electrons. The highest BCUT2D eigenvalue weighted by atomic mass is 35.5. The number of nitrogens with one attached hydrogen (secondary N) is 1. The van der Waals surface area contributed by atoms with Crippen LogP contribution in [-0.2, 0) is 0 Å². The first-order valence-electron chi connectivity index (χ1n) is 9.61. The van der Waals surface area contributed by atoms with Gasteiger partial charge in [-0.3, -0.25) is 9.78 Å². The van der Waals surface area contributed by atoms with Crippen LogP contribution in [0.4, 0.5) is 0 Å². The molecule has 3 aromatic rings. The topological polar surface area (TPSA) is 58.1 Å². The lowest BCUT2D eigenvalue weighted by Gasteiger charge is -2.36. The van der Waals surface area contributed by atoms with E-state index in [9.17, 15) is 4.79 Å². The van der Waals surface area contributed by atoms with Gasteiger partial charge in [0.05, 0.1) is 6.04 Å². The van der Waals surface area contributed by atoms with E-state index >= 15 is 0 Å². The summed E-state index contributed by atoms with van der Waals surface area (Å²) < 4.78 is 0. The van der Waals surface area contributed by atoms with Crippen LogP contribution in [0.1, 0.15) is 47.4 Å². The summed E-state index contributed by atoms with van der Waals surface area (Å²) in [6, 6.07) is 12.4. The SMILES string of the molecule is CC(C)c1ccc(-c2nc(C(=O)N3CCNCC3c3cccnc3)cs2)cc1.Cl.Cl. The number of nitrogens with zero attached hydrogens (tertiary/aromatic N) is 3. The minimum atomic E-state index is -0.0228. The second-order valence-electron chi connectivity index (χ2n) is 7.32. The highest BCUT2D eigenvalue weighted by molar-refractivity contribution is 7.13. The van der Waals surface area contributed by atoms with E-state index in [0.29, 0.717) is 18.2 Å². The quantitative estimate of drug-likeness (QED) is 0.592. The maximum atomic E-state index is 13.2. The van der Waals surface area contributed by atoms with Crippen molar-refractivity contribution in [3.63, 3.8) is 0 Å². The Hall–Kier alpha value is -1.99. The van der Waals surface area contributed by atoms with E-state index in [-0.39, 0.29) is 36.8 Å². The van der Waals surface area contributed by atoms with Crippen LogP contribution in [0.2, 0.25) is 0 Å². The zero-order valence-corrected chi connectivity index (χ0v) is 19.4. The summed E-state index contributed by atoms with van der Waals surface area (Å²) in [4.78, 5) is 24.0. The number of aromatic nitrogens is 2. The third-order valence-electron chi connectivity index (χ3n) is 5.12. The number of amides is 1. The van der Waals surface area contributed by atoms with Crippen molar-refractivity contribution in [1.82, 2.24) is 20.2 Å². The van der Waals surface area contributed by atoms with Gasteiger partial charge in [-0.05, 0) is 23.1 Å². The molecular weight excluding hydrogens is 439 g/mol. The van der Waals surface area contributed by atoms with Gasteiger partial charge in [0.1, 0.15) is 10.7 Å². The number of rotatable bonds is 4. The normalized spacial score (nSPS) is 16.0. The Bertz CT molecular complexity index is 947. The molecule has 1 unspecified atom stereocenters. The minimum absolute atomic E-state index is 0. The van der Waals surface area contributed by atoms with E-state index in [0.717, 1.165) is 29.2 Å². The lowest BCUT2D eigenvalue weighted by Crippen LogP contribution is -2.48. The highest BCUT2D eigenvalue weighted by Crippen LogP contribution is 2.28. The van der Waals surface area contributed by atoms with Gasteiger partial charge in [-0.15, -0.1) is 36.2 Å². The molecule has 1 aromatic carbocycles. The maximum Gasteiger partial charge on any atom is 0.273 e. The van der Waals surface area contributed by atoms with E-state index in [2.05, 4.69) is 53.4 Å². The number of hydrogen-bond acceptors (Lipinski definition) is 5. The number of carbonyl (C=O) groups excluding carboxylic acids is 1. The first kappa shape index (κ1) is 24.3. The van der Waals surface area contributed by atoms with Crippen molar-refractivity contribution >= 4 is 42.1 Å². The first-order chi connectivity index (χ1) is 13.6. The van der Waals surface area contributed by atoms with Crippen molar-refractivity contribution in [3.05, 3.63) is 71.0 Å². The summed E-state index contributed by atoms with van der Waals surface area (Å²) >= 11 is 1.52. The molecule has 1 aliphatic heterocycles. The summed E-state index contributed by atoms with van der Waals surface area (Å²) in [5.41, 5.74) is 3.92. The fourth-order valence-electron chi connectivity index (χ4n) is 3.48. The van der Waals surface area contributed by atoms with Gasteiger partial charge in [0, 0.05) is 43.0 Å². The second-order valence-corrected chi connectivity index (χ2v) is 8.18. The Balaban J connectivity index is 0.00000160. The summed E-state index contributed by atoms with van der Waals surface area (Å²) in [6.45, 7) is 6.54. The van der Waals surface area contributed by atoms with Gasteiger partial charge in [-0.25, -0.2) is 4.98 Å². The fourth-order valence-corrected chi connectivity index (χ4v) is 4.28. The molecule has 0 aliphatic carbocycles. The lowest BCUT2D eigenvalue weighted by molar-refractivity contribution is 0.0629. The van der Waals surface area contributed by atoms with Crippen molar-refractivity contribution in [2.45, 2.75) is 25.8 Å². The zero-order chi connectivity index (χ0) is 19.5. The maximum absolute atomic E-state index is 13.2. The molecule has 1 atom stereocenters. The molecule has 1 N–H and O–H groups in total. The van der Waals surface area contributed by atoms with Crippen LogP contribution < -0.4 is 5.32 Å². The Labute approximate surface area is 193 Å². The van der Waals surface area contributed by atoms with Crippen molar-refractivity contribution in [3.8, 4) is 10.6 Å². The van der Waals surface area contributed by atoms with Gasteiger partial charge in [0.15, 0.2) is 0 Å². The molecule has 2 aromatic heterocycles. The lowest BCUT2D eigenvalue weighted by atomic mass is 10.0. The Morgan fingerprint density at radius 2 is 1.97 bits per heavy atom. The van der Waals surface area contributed by atoms with Crippen LogP contribution in [-0.4, -0.2) is 40.4 Å². The molecule has 5 nitrogen and oxygen atoms in total. The van der Waals surface area contributed by atoms with Crippen LogP contribution in [0.15, 0.2) is 54.2 Å². The molecule has 3 heterocycles. The number of carbonyl (C=O) groups is 1. The zero-order valence-electron chi connectivity index (χ0n) is 16.9. The van der Waals surface area contributed by atoms with Crippen molar-refractivity contribution in [1.29, 1.82) is 0 Å². The number of piperazine rings is 1. The molecule has 8 heteroatoms. The van der Waals surface area contributed by atoms with E-state index in [1.54, 1.807) is 6.20 Å². The van der Waals surface area contributed by atoms with Crippen LogP contribution in [0.25, 0.3) is 10.6 Å². The Morgan fingerprint density at radius 1 is 1.20 bits per heavy atom. The summed E-state index contributed by atoms with van der Waals surface area (Å²) in [6.07, 6.45) is 3.59. The van der Waals surface area contributed by atoms with Crippen molar-refractivity contribution in [2.24, 2.45) is 0 Å². The van der Waals surface area contributed by atoms with Gasteiger partial charge in [0.25, 0.3) is 5.91 Å². The number of pyridine rings is 1. The van der Waals surface area contributed by atoms with Gasteiger partial charge in [-0.2, -0.15) is 0 Å². The fraction of sp³-hybridized carbons (Fsp3) is 0.318. The minimum Gasteiger partial charge on any atom is -0.328 e. The average Bonchev–Trinajstić information content (AvgIpc) is 3.24. The first-order valence-corrected chi connectivity index (χ1v) is 10.5. The van der Waals surface area contributed by atoms with E-state index in [1.165, 1.54) is 16.9 Å². The van der Waals surface area contributed by atoms with Crippen LogP contribution >= 0.6 is 36.2 Å². The summed E-state index contributed by atoms with van der Waals surface area (Å²) in [7, 11) is 0. The van der Waals surface area contributed by atoms with Crippen LogP contribution in [0, 0.1) is 0 Å². The third kappa shape index (κ3) is 5.19. The van der Waals surface area contributed by atoms with Crippen molar-refractivity contribution < 1.29 is 4.79 Å². The van der Waals surface area contributed by atoms with Gasteiger partial charge < -0.3 is 10.2 Å². The molecule has 1 saturated heterocycles. The highest BCUT2D eigenvalue weighted by Gasteiger charge is 2.30. The van der Waals surface area contributed by atoms with Crippen LogP contribution in [0.5, 0.6) is 0 Å². The standard InChI is InChI=1S/C22H24N4OS.2ClH/c1-15(2)16-5-7-17(8-6-16)21-25-19(14-28-21)22(27)26-11-10-24-13-20(26)18-4-3-9-23-12-18;;/h3-9,12,14-15,20,24H,10-11,13H2,1-2H3;2*1H. The van der Waals surface area contributed by atoms with E-state index < -0.39 is 0 Å². The number of benzene rings is 1. The molecule has 0 radical (unpaired) electrons. The molecule has 1 amide bonds. The predicted molar refractivity (Wildman–Crippen MR) is 127 cm³/mol. The monoisotopic (exact) mass is 464 g/mol. The second kappa shape index (κ2) is 10.9.